The monoisotopic (exact) mass is 167 g/mol. The summed E-state index contributed by atoms with van der Waals surface area (Å²) < 4.78 is 1.40. The minimum Gasteiger partial charge on any atom is -0.330 e. The summed E-state index contributed by atoms with van der Waals surface area (Å²) in [6, 6.07) is 1.87. The molecule has 0 amide bonds. The highest BCUT2D eigenvalue weighted by atomic mass is 16.2. The molecule has 0 fully saturated rings. The molecule has 4 nitrogen and oxygen atoms in total. The summed E-state index contributed by atoms with van der Waals surface area (Å²) in [6.07, 6.45) is 0.349. The Morgan fingerprint density at radius 1 is 1.67 bits per heavy atom. The topological polar surface area (TPSA) is 60.9 Å². The molecule has 4 heteroatoms. The van der Waals surface area contributed by atoms with Gasteiger partial charge in [-0.05, 0) is 19.9 Å². The molecule has 0 saturated heterocycles. The van der Waals surface area contributed by atoms with E-state index in [-0.39, 0.29) is 5.91 Å². The first kappa shape index (κ1) is 8.93. The molecule has 0 spiro atoms. The van der Waals surface area contributed by atoms with Crippen LogP contribution < -0.4 is 5.73 Å². The molecule has 0 radical (unpaired) electrons. The molecule has 12 heavy (non-hydrogen) atoms. The molecule has 1 aromatic rings. The minimum absolute atomic E-state index is 0.0388. The van der Waals surface area contributed by atoms with Gasteiger partial charge in [-0.25, -0.2) is 4.68 Å². The Bertz CT molecular complexity index is 290. The number of carbonyl (C=O) groups excluding carboxylic acids is 1. The van der Waals surface area contributed by atoms with Crippen molar-refractivity contribution >= 4 is 5.91 Å². The van der Waals surface area contributed by atoms with Gasteiger partial charge in [0.15, 0.2) is 0 Å². The van der Waals surface area contributed by atoms with Crippen LogP contribution in [0.25, 0.3) is 0 Å². The summed E-state index contributed by atoms with van der Waals surface area (Å²) in [5.41, 5.74) is 6.99. The molecule has 2 N–H and O–H groups in total. The standard InChI is InChI=1S/C8H13N3O/c1-6-5-7(2)11(10-6)8(12)3-4-9/h5H,3-4,9H2,1-2H3. The van der Waals surface area contributed by atoms with Crippen LogP contribution in [0.1, 0.15) is 22.6 Å². The van der Waals surface area contributed by atoms with E-state index in [1.165, 1.54) is 4.68 Å². The number of nitrogens with zero attached hydrogens (tertiary/aromatic N) is 2. The maximum atomic E-state index is 11.3. The molecule has 0 saturated carbocycles. The number of hydrogen-bond donors (Lipinski definition) is 1. The van der Waals surface area contributed by atoms with E-state index < -0.39 is 0 Å². The van der Waals surface area contributed by atoms with Crippen molar-refractivity contribution in [3.63, 3.8) is 0 Å². The summed E-state index contributed by atoms with van der Waals surface area (Å²) in [6.45, 7) is 4.09. The lowest BCUT2D eigenvalue weighted by atomic mass is 10.4. The van der Waals surface area contributed by atoms with E-state index in [1.807, 2.05) is 19.9 Å². The molecular formula is C8H13N3O. The number of rotatable bonds is 2. The predicted molar refractivity (Wildman–Crippen MR) is 46.0 cm³/mol. The second-order valence-electron chi connectivity index (χ2n) is 2.77. The third-order valence-electron chi connectivity index (χ3n) is 1.60. The molecule has 1 heterocycles. The molecule has 0 bridgehead atoms. The number of aryl methyl sites for hydroxylation is 2. The fourth-order valence-corrected chi connectivity index (χ4v) is 1.11. The van der Waals surface area contributed by atoms with Crippen molar-refractivity contribution in [1.29, 1.82) is 0 Å². The third kappa shape index (κ3) is 1.71. The molecule has 0 aliphatic rings. The van der Waals surface area contributed by atoms with Gasteiger partial charge >= 0.3 is 0 Å². The van der Waals surface area contributed by atoms with E-state index in [1.54, 1.807) is 0 Å². The van der Waals surface area contributed by atoms with Crippen molar-refractivity contribution in [2.75, 3.05) is 6.54 Å². The van der Waals surface area contributed by atoms with Gasteiger partial charge in [0.2, 0.25) is 5.91 Å². The lowest BCUT2D eigenvalue weighted by molar-refractivity contribution is 0.0887. The molecule has 0 aromatic carbocycles. The second-order valence-corrected chi connectivity index (χ2v) is 2.77. The maximum Gasteiger partial charge on any atom is 0.248 e. The van der Waals surface area contributed by atoms with Crippen LogP contribution in [-0.4, -0.2) is 22.2 Å². The highest BCUT2D eigenvalue weighted by molar-refractivity contribution is 5.78. The number of hydrogen-bond acceptors (Lipinski definition) is 3. The summed E-state index contributed by atoms with van der Waals surface area (Å²) in [5, 5.41) is 4.04. The van der Waals surface area contributed by atoms with Crippen LogP contribution in [0.5, 0.6) is 0 Å². The van der Waals surface area contributed by atoms with Crippen molar-refractivity contribution in [3.05, 3.63) is 17.5 Å². The summed E-state index contributed by atoms with van der Waals surface area (Å²) >= 11 is 0. The van der Waals surface area contributed by atoms with E-state index in [0.29, 0.717) is 13.0 Å². The summed E-state index contributed by atoms with van der Waals surface area (Å²) in [4.78, 5) is 11.3. The van der Waals surface area contributed by atoms with Crippen LogP contribution in [0.3, 0.4) is 0 Å². The van der Waals surface area contributed by atoms with Crippen molar-refractivity contribution in [1.82, 2.24) is 9.78 Å². The Kier molecular flexibility index (Phi) is 2.60. The number of carbonyl (C=O) groups is 1. The van der Waals surface area contributed by atoms with Crippen molar-refractivity contribution in [3.8, 4) is 0 Å². The molecule has 0 aliphatic carbocycles. The van der Waals surface area contributed by atoms with Gasteiger partial charge in [-0.15, -0.1) is 0 Å². The lowest BCUT2D eigenvalue weighted by Crippen LogP contribution is -2.17. The molecule has 0 aliphatic heterocycles. The van der Waals surface area contributed by atoms with E-state index >= 15 is 0 Å². The summed E-state index contributed by atoms with van der Waals surface area (Å²) in [7, 11) is 0. The molecule has 66 valence electrons. The Balaban J connectivity index is 2.87. The van der Waals surface area contributed by atoms with Crippen LogP contribution in [-0.2, 0) is 0 Å². The van der Waals surface area contributed by atoms with Gasteiger partial charge in [-0.1, -0.05) is 0 Å². The van der Waals surface area contributed by atoms with Gasteiger partial charge in [-0.3, -0.25) is 4.79 Å². The molecule has 0 atom stereocenters. The molecule has 1 rings (SSSR count). The van der Waals surface area contributed by atoms with Crippen LogP contribution in [0.4, 0.5) is 0 Å². The summed E-state index contributed by atoms with van der Waals surface area (Å²) in [5.74, 6) is -0.0388. The number of nitrogens with two attached hydrogens (primary N) is 1. The fraction of sp³-hybridized carbons (Fsp3) is 0.500. The molecule has 0 unspecified atom stereocenters. The first-order valence-electron chi connectivity index (χ1n) is 3.91. The van der Waals surface area contributed by atoms with Crippen LogP contribution in [0, 0.1) is 13.8 Å². The van der Waals surface area contributed by atoms with Gasteiger partial charge in [0.25, 0.3) is 0 Å². The van der Waals surface area contributed by atoms with E-state index in [0.717, 1.165) is 11.4 Å². The lowest BCUT2D eigenvalue weighted by Gasteiger charge is -1.99. The Morgan fingerprint density at radius 3 is 2.75 bits per heavy atom. The van der Waals surface area contributed by atoms with Crippen molar-refractivity contribution < 1.29 is 4.79 Å². The average molecular weight is 167 g/mol. The zero-order valence-electron chi connectivity index (χ0n) is 7.37. The minimum atomic E-state index is -0.0388. The SMILES string of the molecule is Cc1cc(C)n(C(=O)CCN)n1. The normalized spacial score (nSPS) is 10.2. The van der Waals surface area contributed by atoms with Gasteiger partial charge in [0.05, 0.1) is 5.69 Å². The van der Waals surface area contributed by atoms with Gasteiger partial charge in [-0.2, -0.15) is 5.10 Å². The smallest absolute Gasteiger partial charge is 0.248 e. The first-order chi connectivity index (χ1) is 5.65. The molecular weight excluding hydrogens is 154 g/mol. The Morgan fingerprint density at radius 2 is 2.33 bits per heavy atom. The molecule has 1 aromatic heterocycles. The van der Waals surface area contributed by atoms with Gasteiger partial charge in [0.1, 0.15) is 0 Å². The van der Waals surface area contributed by atoms with Crippen LogP contribution in [0.2, 0.25) is 0 Å². The first-order valence-corrected chi connectivity index (χ1v) is 3.91. The second kappa shape index (κ2) is 3.49. The van der Waals surface area contributed by atoms with Crippen LogP contribution >= 0.6 is 0 Å². The zero-order chi connectivity index (χ0) is 9.14. The zero-order valence-corrected chi connectivity index (χ0v) is 7.37. The van der Waals surface area contributed by atoms with Crippen molar-refractivity contribution in [2.24, 2.45) is 5.73 Å². The Labute approximate surface area is 71.4 Å². The maximum absolute atomic E-state index is 11.3. The predicted octanol–water partition coefficient (Wildman–Crippen LogP) is 0.489. The van der Waals surface area contributed by atoms with E-state index in [2.05, 4.69) is 5.10 Å². The van der Waals surface area contributed by atoms with Gasteiger partial charge < -0.3 is 5.73 Å². The largest absolute Gasteiger partial charge is 0.330 e. The quantitative estimate of drug-likeness (QED) is 0.697. The van der Waals surface area contributed by atoms with Crippen molar-refractivity contribution in [2.45, 2.75) is 20.3 Å². The van der Waals surface area contributed by atoms with Crippen LogP contribution in [0.15, 0.2) is 6.07 Å². The average Bonchev–Trinajstić information content (AvgIpc) is 2.30. The Hall–Kier alpha value is -1.16. The highest BCUT2D eigenvalue weighted by Crippen LogP contribution is 2.01. The highest BCUT2D eigenvalue weighted by Gasteiger charge is 2.07. The van der Waals surface area contributed by atoms with Gasteiger partial charge in [0, 0.05) is 18.7 Å². The van der Waals surface area contributed by atoms with E-state index in [4.69, 9.17) is 5.73 Å². The van der Waals surface area contributed by atoms with E-state index in [9.17, 15) is 4.79 Å². The fourth-order valence-electron chi connectivity index (χ4n) is 1.11. The third-order valence-corrected chi connectivity index (χ3v) is 1.60. The number of aromatic nitrogens is 2.